The molecule has 0 spiro atoms. The van der Waals surface area contributed by atoms with E-state index >= 15 is 0 Å². The smallest absolute Gasteiger partial charge is 0.323 e. The van der Waals surface area contributed by atoms with Crippen molar-refractivity contribution in [1.29, 1.82) is 0 Å². The van der Waals surface area contributed by atoms with Gasteiger partial charge in [-0.1, -0.05) is 66.4 Å². The molecule has 3 aromatic carbocycles. The first-order chi connectivity index (χ1) is 14.1. The summed E-state index contributed by atoms with van der Waals surface area (Å²) in [5.74, 6) is 5.07. The number of hydrogen-bond acceptors (Lipinski definition) is 4. The maximum atomic E-state index is 12.4. The summed E-state index contributed by atoms with van der Waals surface area (Å²) in [6.45, 7) is 0. The van der Waals surface area contributed by atoms with Gasteiger partial charge in [0.05, 0.1) is 14.2 Å². The molecular formula is C25H20O4. The third-order valence-corrected chi connectivity index (χ3v) is 5.52. The minimum atomic E-state index is -1.28. The Bertz CT molecular complexity index is 1140. The van der Waals surface area contributed by atoms with Gasteiger partial charge in [-0.05, 0) is 34.9 Å². The lowest BCUT2D eigenvalue weighted by Crippen LogP contribution is -2.30. The monoisotopic (exact) mass is 384 g/mol. The number of carbonyl (C=O) groups excluding carboxylic acids is 2. The molecule has 0 bridgehead atoms. The zero-order chi connectivity index (χ0) is 20.4. The molecule has 0 saturated heterocycles. The fourth-order valence-corrected chi connectivity index (χ4v) is 3.92. The van der Waals surface area contributed by atoms with Gasteiger partial charge < -0.3 is 9.47 Å². The van der Waals surface area contributed by atoms with E-state index in [2.05, 4.69) is 24.0 Å². The van der Waals surface area contributed by atoms with E-state index in [9.17, 15) is 9.59 Å². The number of benzene rings is 3. The summed E-state index contributed by atoms with van der Waals surface area (Å²) in [6, 6.07) is 21.7. The normalized spacial score (nSPS) is 16.4. The summed E-state index contributed by atoms with van der Waals surface area (Å²) >= 11 is 0. The van der Waals surface area contributed by atoms with E-state index < -0.39 is 17.4 Å². The summed E-state index contributed by atoms with van der Waals surface area (Å²) in [4.78, 5) is 24.7. The van der Waals surface area contributed by atoms with E-state index in [0.717, 1.165) is 27.5 Å². The SMILES string of the molecule is COC(=O)C1(C(=O)OC)CC1c1ccccc1C#Cc1cccc2ccccc12. The van der Waals surface area contributed by atoms with Crippen molar-refractivity contribution in [3.63, 3.8) is 0 Å². The van der Waals surface area contributed by atoms with Crippen LogP contribution in [0.2, 0.25) is 0 Å². The van der Waals surface area contributed by atoms with Crippen LogP contribution < -0.4 is 0 Å². The van der Waals surface area contributed by atoms with Gasteiger partial charge in [0.1, 0.15) is 0 Å². The highest BCUT2D eigenvalue weighted by Gasteiger charge is 2.68. The van der Waals surface area contributed by atoms with E-state index in [-0.39, 0.29) is 5.92 Å². The lowest BCUT2D eigenvalue weighted by molar-refractivity contribution is -0.161. The van der Waals surface area contributed by atoms with Gasteiger partial charge in [-0.25, -0.2) is 0 Å². The molecule has 4 heteroatoms. The van der Waals surface area contributed by atoms with Gasteiger partial charge in [0, 0.05) is 17.0 Å². The van der Waals surface area contributed by atoms with E-state index in [4.69, 9.17) is 9.47 Å². The van der Waals surface area contributed by atoms with E-state index in [1.165, 1.54) is 14.2 Å². The van der Waals surface area contributed by atoms with Gasteiger partial charge in [-0.3, -0.25) is 9.59 Å². The zero-order valence-electron chi connectivity index (χ0n) is 16.3. The summed E-state index contributed by atoms with van der Waals surface area (Å²) < 4.78 is 9.79. The van der Waals surface area contributed by atoms with Crippen molar-refractivity contribution in [2.75, 3.05) is 14.2 Å². The number of ether oxygens (including phenoxy) is 2. The van der Waals surface area contributed by atoms with Crippen molar-refractivity contribution >= 4 is 22.7 Å². The molecule has 1 aliphatic rings. The van der Waals surface area contributed by atoms with Crippen LogP contribution in [0.3, 0.4) is 0 Å². The van der Waals surface area contributed by atoms with Crippen molar-refractivity contribution in [2.45, 2.75) is 12.3 Å². The summed E-state index contributed by atoms with van der Waals surface area (Å²) in [5, 5.41) is 2.22. The molecule has 4 nitrogen and oxygen atoms in total. The number of fused-ring (bicyclic) bond motifs is 1. The van der Waals surface area contributed by atoms with Crippen LogP contribution in [0.15, 0.2) is 66.7 Å². The van der Waals surface area contributed by atoms with Crippen LogP contribution in [0.1, 0.15) is 29.0 Å². The number of hydrogen-bond donors (Lipinski definition) is 0. The summed E-state index contributed by atoms with van der Waals surface area (Å²) in [7, 11) is 2.57. The van der Waals surface area contributed by atoms with E-state index in [1.807, 2.05) is 54.6 Å². The Balaban J connectivity index is 1.74. The lowest BCUT2D eigenvalue weighted by atomic mass is 9.95. The molecule has 0 heterocycles. The lowest BCUT2D eigenvalue weighted by Gasteiger charge is -2.13. The maximum Gasteiger partial charge on any atom is 0.323 e. The first kappa shape index (κ1) is 18.8. The average Bonchev–Trinajstić information content (AvgIpc) is 3.53. The zero-order valence-corrected chi connectivity index (χ0v) is 16.3. The molecule has 4 rings (SSSR count). The van der Waals surface area contributed by atoms with Crippen molar-refractivity contribution in [2.24, 2.45) is 5.41 Å². The Labute approximate surface area is 169 Å². The standard InChI is InChI=1S/C25H20O4/c1-28-23(26)25(24(27)29-2)16-22(25)21-13-6-4-9-19(21)15-14-18-11-7-10-17-8-3-5-12-20(17)18/h3-13,22H,16H2,1-2H3. The Morgan fingerprint density at radius 1 is 0.828 bits per heavy atom. The highest BCUT2D eigenvalue weighted by atomic mass is 16.5. The number of carbonyl (C=O) groups is 2. The quantitative estimate of drug-likeness (QED) is 0.388. The largest absolute Gasteiger partial charge is 0.468 e. The minimum Gasteiger partial charge on any atom is -0.468 e. The van der Waals surface area contributed by atoms with Crippen LogP contribution in [0, 0.1) is 17.3 Å². The Hall–Kier alpha value is -3.58. The molecule has 29 heavy (non-hydrogen) atoms. The fraction of sp³-hybridized carbons (Fsp3) is 0.200. The van der Waals surface area contributed by atoms with E-state index in [1.54, 1.807) is 0 Å². The molecule has 0 amide bonds. The molecule has 144 valence electrons. The summed E-state index contributed by atoms with van der Waals surface area (Å²) in [5.41, 5.74) is 1.30. The predicted octanol–water partition coefficient (Wildman–Crippen LogP) is 4.06. The van der Waals surface area contributed by atoms with Crippen LogP contribution in [0.25, 0.3) is 10.8 Å². The van der Waals surface area contributed by atoms with Gasteiger partial charge in [0.15, 0.2) is 5.41 Å². The summed E-state index contributed by atoms with van der Waals surface area (Å²) in [6.07, 6.45) is 0.360. The fourth-order valence-electron chi connectivity index (χ4n) is 3.92. The molecule has 1 saturated carbocycles. The second kappa shape index (κ2) is 7.44. The van der Waals surface area contributed by atoms with Gasteiger partial charge in [0.2, 0.25) is 0 Å². The molecular weight excluding hydrogens is 364 g/mol. The Morgan fingerprint density at radius 3 is 2.17 bits per heavy atom. The topological polar surface area (TPSA) is 52.6 Å². The predicted molar refractivity (Wildman–Crippen MR) is 110 cm³/mol. The number of esters is 2. The second-order valence-corrected chi connectivity index (χ2v) is 7.08. The van der Waals surface area contributed by atoms with Gasteiger partial charge in [-0.15, -0.1) is 0 Å². The molecule has 0 N–H and O–H groups in total. The molecule has 3 aromatic rings. The molecule has 0 aliphatic heterocycles. The van der Waals surface area contributed by atoms with Crippen LogP contribution in [-0.2, 0) is 19.1 Å². The van der Waals surface area contributed by atoms with Crippen LogP contribution in [-0.4, -0.2) is 26.2 Å². The van der Waals surface area contributed by atoms with Gasteiger partial charge in [-0.2, -0.15) is 0 Å². The highest BCUT2D eigenvalue weighted by molar-refractivity contribution is 6.05. The molecule has 1 atom stereocenters. The van der Waals surface area contributed by atoms with Crippen molar-refractivity contribution in [3.05, 3.63) is 83.4 Å². The van der Waals surface area contributed by atoms with E-state index in [0.29, 0.717) is 6.42 Å². The third kappa shape index (κ3) is 3.15. The molecule has 1 aliphatic carbocycles. The van der Waals surface area contributed by atoms with Crippen LogP contribution in [0.5, 0.6) is 0 Å². The maximum absolute atomic E-state index is 12.4. The first-order valence-corrected chi connectivity index (χ1v) is 9.37. The van der Waals surface area contributed by atoms with Crippen molar-refractivity contribution in [1.82, 2.24) is 0 Å². The second-order valence-electron chi connectivity index (χ2n) is 7.08. The van der Waals surface area contributed by atoms with Crippen LogP contribution >= 0.6 is 0 Å². The van der Waals surface area contributed by atoms with Gasteiger partial charge >= 0.3 is 11.9 Å². The first-order valence-electron chi connectivity index (χ1n) is 9.37. The Morgan fingerprint density at radius 2 is 1.41 bits per heavy atom. The average molecular weight is 384 g/mol. The highest BCUT2D eigenvalue weighted by Crippen LogP contribution is 2.61. The molecule has 1 unspecified atom stereocenters. The minimum absolute atomic E-state index is 0.305. The van der Waals surface area contributed by atoms with Crippen LogP contribution in [0.4, 0.5) is 0 Å². The molecule has 0 radical (unpaired) electrons. The number of methoxy groups -OCH3 is 2. The third-order valence-electron chi connectivity index (χ3n) is 5.52. The number of rotatable bonds is 3. The van der Waals surface area contributed by atoms with Gasteiger partial charge in [0.25, 0.3) is 0 Å². The molecule has 1 fully saturated rings. The molecule has 0 aromatic heterocycles. The van der Waals surface area contributed by atoms with Crippen molar-refractivity contribution < 1.29 is 19.1 Å². The Kier molecular flexibility index (Phi) is 4.82. The van der Waals surface area contributed by atoms with Crippen molar-refractivity contribution in [3.8, 4) is 11.8 Å².